The van der Waals surface area contributed by atoms with Crippen LogP contribution in [0.25, 0.3) is 0 Å². The smallest absolute Gasteiger partial charge is 0.337 e. The second kappa shape index (κ2) is 7.37. The van der Waals surface area contributed by atoms with Crippen molar-refractivity contribution in [1.29, 1.82) is 0 Å². The van der Waals surface area contributed by atoms with E-state index in [1.165, 1.54) is 13.2 Å². The predicted molar refractivity (Wildman–Crippen MR) is 79.8 cm³/mol. The minimum absolute atomic E-state index is 0.322. The monoisotopic (exact) mass is 303 g/mol. The van der Waals surface area contributed by atoms with Crippen LogP contribution in [0.1, 0.15) is 20.7 Å². The number of amides is 1. The first kappa shape index (κ1) is 15.7. The SMILES string of the molecule is COCCn1cc(NC(=O)c2cccc(C(=O)OC)c2)cn1. The van der Waals surface area contributed by atoms with Crippen LogP contribution in [0.3, 0.4) is 0 Å². The number of nitrogens with one attached hydrogen (secondary N) is 1. The van der Waals surface area contributed by atoms with Gasteiger partial charge in [-0.1, -0.05) is 6.07 Å². The summed E-state index contributed by atoms with van der Waals surface area (Å²) in [6.07, 6.45) is 3.26. The fourth-order valence-corrected chi connectivity index (χ4v) is 1.84. The van der Waals surface area contributed by atoms with Crippen LogP contribution in [-0.4, -0.2) is 42.5 Å². The van der Waals surface area contributed by atoms with E-state index in [-0.39, 0.29) is 5.91 Å². The average molecular weight is 303 g/mol. The van der Waals surface area contributed by atoms with Gasteiger partial charge in [-0.15, -0.1) is 0 Å². The molecule has 0 aliphatic heterocycles. The molecule has 0 aliphatic rings. The molecule has 7 nitrogen and oxygen atoms in total. The lowest BCUT2D eigenvalue weighted by atomic mass is 10.1. The van der Waals surface area contributed by atoms with Gasteiger partial charge in [0.25, 0.3) is 5.91 Å². The maximum absolute atomic E-state index is 12.2. The summed E-state index contributed by atoms with van der Waals surface area (Å²) in [7, 11) is 2.91. The average Bonchev–Trinajstić information content (AvgIpc) is 2.99. The number of methoxy groups -OCH3 is 2. The molecular weight excluding hydrogens is 286 g/mol. The molecule has 2 rings (SSSR count). The molecule has 1 aromatic carbocycles. The molecule has 0 fully saturated rings. The second-order valence-electron chi connectivity index (χ2n) is 4.51. The van der Waals surface area contributed by atoms with E-state index in [9.17, 15) is 9.59 Å². The molecule has 0 atom stereocenters. The molecule has 1 heterocycles. The van der Waals surface area contributed by atoms with Gasteiger partial charge in [-0.05, 0) is 18.2 Å². The number of aromatic nitrogens is 2. The number of anilines is 1. The number of rotatable bonds is 6. The van der Waals surface area contributed by atoms with Crippen molar-refractivity contribution in [3.05, 3.63) is 47.8 Å². The summed E-state index contributed by atoms with van der Waals surface area (Å²) in [6.45, 7) is 1.14. The standard InChI is InChI=1S/C15H17N3O4/c1-21-7-6-18-10-13(9-16-18)17-14(19)11-4-3-5-12(8-11)15(20)22-2/h3-5,8-10H,6-7H2,1-2H3,(H,17,19). The first-order valence-corrected chi connectivity index (χ1v) is 6.65. The highest BCUT2D eigenvalue weighted by Gasteiger charge is 2.11. The summed E-state index contributed by atoms with van der Waals surface area (Å²) in [5.74, 6) is -0.806. The van der Waals surface area contributed by atoms with Crippen LogP contribution < -0.4 is 5.32 Å². The van der Waals surface area contributed by atoms with Gasteiger partial charge in [0.15, 0.2) is 0 Å². The Labute approximate surface area is 127 Å². The third-order valence-corrected chi connectivity index (χ3v) is 2.96. The van der Waals surface area contributed by atoms with Crippen molar-refractivity contribution >= 4 is 17.6 Å². The van der Waals surface area contributed by atoms with Crippen molar-refractivity contribution in [2.75, 3.05) is 26.1 Å². The van der Waals surface area contributed by atoms with E-state index < -0.39 is 5.97 Å². The molecule has 22 heavy (non-hydrogen) atoms. The molecule has 0 saturated carbocycles. The Kier molecular flexibility index (Phi) is 5.26. The van der Waals surface area contributed by atoms with E-state index in [0.717, 1.165) is 0 Å². The van der Waals surface area contributed by atoms with E-state index in [0.29, 0.717) is 30.0 Å². The van der Waals surface area contributed by atoms with Crippen LogP contribution in [0.2, 0.25) is 0 Å². The molecule has 1 N–H and O–H groups in total. The number of hydrogen-bond acceptors (Lipinski definition) is 5. The zero-order valence-corrected chi connectivity index (χ0v) is 12.4. The van der Waals surface area contributed by atoms with Crippen molar-refractivity contribution in [2.45, 2.75) is 6.54 Å². The molecular formula is C15H17N3O4. The van der Waals surface area contributed by atoms with Crippen molar-refractivity contribution in [3.63, 3.8) is 0 Å². The lowest BCUT2D eigenvalue weighted by Crippen LogP contribution is -2.13. The van der Waals surface area contributed by atoms with Crippen LogP contribution in [0, 0.1) is 0 Å². The lowest BCUT2D eigenvalue weighted by molar-refractivity contribution is 0.0600. The zero-order chi connectivity index (χ0) is 15.9. The summed E-state index contributed by atoms with van der Waals surface area (Å²) in [6, 6.07) is 6.32. The van der Waals surface area contributed by atoms with E-state index in [1.54, 1.807) is 42.4 Å². The fourth-order valence-electron chi connectivity index (χ4n) is 1.84. The summed E-state index contributed by atoms with van der Waals surface area (Å²) in [5, 5.41) is 6.83. The van der Waals surface area contributed by atoms with Crippen molar-refractivity contribution in [1.82, 2.24) is 9.78 Å². The molecule has 0 radical (unpaired) electrons. The highest BCUT2D eigenvalue weighted by molar-refractivity contribution is 6.05. The molecule has 116 valence electrons. The van der Waals surface area contributed by atoms with Gasteiger partial charge in [-0.2, -0.15) is 5.10 Å². The highest BCUT2D eigenvalue weighted by Crippen LogP contribution is 2.11. The van der Waals surface area contributed by atoms with Crippen LogP contribution in [0.4, 0.5) is 5.69 Å². The number of hydrogen-bond donors (Lipinski definition) is 1. The quantitative estimate of drug-likeness (QED) is 0.819. The minimum Gasteiger partial charge on any atom is -0.465 e. The molecule has 2 aromatic rings. The van der Waals surface area contributed by atoms with Gasteiger partial charge in [-0.25, -0.2) is 4.79 Å². The van der Waals surface area contributed by atoms with Crippen molar-refractivity contribution in [2.24, 2.45) is 0 Å². The van der Waals surface area contributed by atoms with Gasteiger partial charge in [0.2, 0.25) is 0 Å². The van der Waals surface area contributed by atoms with Gasteiger partial charge in [0, 0.05) is 18.9 Å². The number of carbonyl (C=O) groups excluding carboxylic acids is 2. The molecule has 1 aromatic heterocycles. The summed E-state index contributed by atoms with van der Waals surface area (Å²) < 4.78 is 11.3. The lowest BCUT2D eigenvalue weighted by Gasteiger charge is -2.04. The normalized spacial score (nSPS) is 10.3. The first-order chi connectivity index (χ1) is 10.6. The largest absolute Gasteiger partial charge is 0.465 e. The third kappa shape index (κ3) is 3.92. The van der Waals surface area contributed by atoms with Gasteiger partial charge < -0.3 is 14.8 Å². The molecule has 7 heteroatoms. The Morgan fingerprint density at radius 2 is 2.05 bits per heavy atom. The number of benzene rings is 1. The zero-order valence-electron chi connectivity index (χ0n) is 12.4. The van der Waals surface area contributed by atoms with E-state index >= 15 is 0 Å². The Hall–Kier alpha value is -2.67. The van der Waals surface area contributed by atoms with Crippen LogP contribution in [0.15, 0.2) is 36.7 Å². The maximum Gasteiger partial charge on any atom is 0.337 e. The third-order valence-electron chi connectivity index (χ3n) is 2.96. The van der Waals surface area contributed by atoms with Crippen LogP contribution in [-0.2, 0) is 16.0 Å². The van der Waals surface area contributed by atoms with Gasteiger partial charge in [0.05, 0.1) is 37.7 Å². The molecule has 0 unspecified atom stereocenters. The van der Waals surface area contributed by atoms with Crippen molar-refractivity contribution in [3.8, 4) is 0 Å². The Bertz CT molecular complexity index is 666. The Balaban J connectivity index is 2.05. The number of esters is 1. The summed E-state index contributed by atoms with van der Waals surface area (Å²) >= 11 is 0. The molecule has 0 spiro atoms. The number of ether oxygens (including phenoxy) is 2. The topological polar surface area (TPSA) is 82.5 Å². The number of nitrogens with zero attached hydrogens (tertiary/aromatic N) is 2. The van der Waals surface area contributed by atoms with E-state index in [4.69, 9.17) is 4.74 Å². The number of carbonyl (C=O) groups is 2. The molecule has 1 amide bonds. The summed E-state index contributed by atoms with van der Waals surface area (Å²) in [5.41, 5.74) is 1.27. The Morgan fingerprint density at radius 3 is 2.77 bits per heavy atom. The highest BCUT2D eigenvalue weighted by atomic mass is 16.5. The Morgan fingerprint density at radius 1 is 1.27 bits per heavy atom. The van der Waals surface area contributed by atoms with Crippen LogP contribution >= 0.6 is 0 Å². The van der Waals surface area contributed by atoms with Crippen molar-refractivity contribution < 1.29 is 19.1 Å². The molecule has 0 aliphatic carbocycles. The molecule has 0 saturated heterocycles. The van der Waals surface area contributed by atoms with Gasteiger partial charge in [-0.3, -0.25) is 9.48 Å². The van der Waals surface area contributed by atoms with Gasteiger partial charge in [0.1, 0.15) is 0 Å². The second-order valence-corrected chi connectivity index (χ2v) is 4.51. The summed E-state index contributed by atoms with van der Waals surface area (Å²) in [4.78, 5) is 23.6. The predicted octanol–water partition coefficient (Wildman–Crippen LogP) is 1.57. The van der Waals surface area contributed by atoms with E-state index in [1.807, 2.05) is 0 Å². The minimum atomic E-state index is -0.484. The van der Waals surface area contributed by atoms with Gasteiger partial charge >= 0.3 is 5.97 Å². The first-order valence-electron chi connectivity index (χ1n) is 6.65. The van der Waals surface area contributed by atoms with Crippen LogP contribution in [0.5, 0.6) is 0 Å². The fraction of sp³-hybridized carbons (Fsp3) is 0.267. The van der Waals surface area contributed by atoms with E-state index in [2.05, 4.69) is 15.2 Å². The molecule has 0 bridgehead atoms. The maximum atomic E-state index is 12.2.